The van der Waals surface area contributed by atoms with E-state index in [1.165, 1.54) is 11.1 Å². The van der Waals surface area contributed by atoms with Crippen LogP contribution >= 0.6 is 0 Å². The Hall–Kier alpha value is -3.66. The standard InChI is InChI=1S/C34H39NO3/c1-20(2)27-15-7-22(5)17-29(27)32-25(12-9-24-10-13-26(36)14-11-24)19-31(35-38)33(34(32)37)30-18-23(6)8-16-28(30)21(3)4/h9-14,17-19,27-30,36-37H,1,3,7-8,15-16H2,2,4-6H3/b12-9+. The zero-order valence-corrected chi connectivity index (χ0v) is 23.0. The largest absolute Gasteiger partial charge is 0.508 e. The highest BCUT2D eigenvalue weighted by Crippen LogP contribution is 2.52. The van der Waals surface area contributed by atoms with E-state index in [9.17, 15) is 15.1 Å². The van der Waals surface area contributed by atoms with Gasteiger partial charge in [-0.15, -0.1) is 4.91 Å². The number of phenolic OH excluding ortho intramolecular Hbond substituents is 2. The Labute approximate surface area is 226 Å². The highest BCUT2D eigenvalue weighted by Gasteiger charge is 2.35. The van der Waals surface area contributed by atoms with Crippen molar-refractivity contribution in [2.24, 2.45) is 17.0 Å². The number of aromatic hydroxyl groups is 2. The molecule has 198 valence electrons. The molecule has 2 aliphatic rings. The predicted molar refractivity (Wildman–Crippen MR) is 159 cm³/mol. The van der Waals surface area contributed by atoms with Crippen molar-refractivity contribution < 1.29 is 10.2 Å². The fraction of sp³-hybridized carbons (Fsp3) is 0.353. The highest BCUT2D eigenvalue weighted by atomic mass is 16.3. The molecular weight excluding hydrogens is 470 g/mol. The molecule has 2 aliphatic carbocycles. The second kappa shape index (κ2) is 11.4. The van der Waals surface area contributed by atoms with Crippen molar-refractivity contribution in [3.05, 3.63) is 105 Å². The van der Waals surface area contributed by atoms with Gasteiger partial charge in [-0.3, -0.25) is 0 Å². The molecule has 0 aliphatic heterocycles. The normalized spacial score (nSPS) is 23.6. The lowest BCUT2D eigenvalue weighted by Gasteiger charge is -2.35. The van der Waals surface area contributed by atoms with Crippen LogP contribution < -0.4 is 0 Å². The summed E-state index contributed by atoms with van der Waals surface area (Å²) in [5.41, 5.74) is 8.00. The Kier molecular flexibility index (Phi) is 8.20. The first-order valence-corrected chi connectivity index (χ1v) is 13.5. The third-order valence-electron chi connectivity index (χ3n) is 8.26. The molecule has 0 saturated heterocycles. The van der Waals surface area contributed by atoms with E-state index in [2.05, 4.69) is 51.3 Å². The van der Waals surface area contributed by atoms with Gasteiger partial charge in [-0.25, -0.2) is 0 Å². The Bertz CT molecular complexity index is 1340. The van der Waals surface area contributed by atoms with Gasteiger partial charge in [-0.1, -0.05) is 71.9 Å². The molecule has 0 bridgehead atoms. The van der Waals surface area contributed by atoms with Gasteiger partial charge in [0.2, 0.25) is 0 Å². The van der Waals surface area contributed by atoms with Crippen molar-refractivity contribution in [2.45, 2.75) is 65.2 Å². The van der Waals surface area contributed by atoms with E-state index in [1.54, 1.807) is 12.1 Å². The second-order valence-corrected chi connectivity index (χ2v) is 11.2. The Morgan fingerprint density at radius 1 is 0.868 bits per heavy atom. The molecule has 2 N–H and O–H groups in total. The quantitative estimate of drug-likeness (QED) is 0.222. The van der Waals surface area contributed by atoms with Crippen LogP contribution in [0.3, 0.4) is 0 Å². The van der Waals surface area contributed by atoms with Crippen molar-refractivity contribution in [1.82, 2.24) is 0 Å². The van der Waals surface area contributed by atoms with Crippen molar-refractivity contribution in [1.29, 1.82) is 0 Å². The van der Waals surface area contributed by atoms with Gasteiger partial charge in [-0.05, 0) is 99.7 Å². The monoisotopic (exact) mass is 509 g/mol. The first kappa shape index (κ1) is 27.4. The van der Waals surface area contributed by atoms with Gasteiger partial charge in [0, 0.05) is 23.0 Å². The first-order valence-electron chi connectivity index (χ1n) is 13.5. The van der Waals surface area contributed by atoms with Crippen LogP contribution in [0.4, 0.5) is 5.69 Å². The Morgan fingerprint density at radius 2 is 1.39 bits per heavy atom. The number of allylic oxidation sites excluding steroid dienone is 6. The number of benzene rings is 2. The van der Waals surface area contributed by atoms with E-state index in [0.717, 1.165) is 53.5 Å². The van der Waals surface area contributed by atoms with Gasteiger partial charge in [-0.2, -0.15) is 0 Å². The SMILES string of the molecule is C=C(C)C1CCC(C)=CC1c1c(/C=C/c2ccc(O)cc2)cc(N=O)c(C2C=C(C)CCC2C(=C)C)c1O. The van der Waals surface area contributed by atoms with Crippen molar-refractivity contribution in [2.75, 3.05) is 0 Å². The number of rotatable bonds is 7. The smallest absolute Gasteiger partial charge is 0.126 e. The summed E-state index contributed by atoms with van der Waals surface area (Å²) in [6, 6.07) is 8.76. The summed E-state index contributed by atoms with van der Waals surface area (Å²) >= 11 is 0. The zero-order valence-electron chi connectivity index (χ0n) is 23.0. The van der Waals surface area contributed by atoms with Crippen LogP contribution in [0.25, 0.3) is 12.2 Å². The molecule has 0 spiro atoms. The van der Waals surface area contributed by atoms with E-state index in [1.807, 2.05) is 37.3 Å². The minimum Gasteiger partial charge on any atom is -0.508 e. The van der Waals surface area contributed by atoms with Crippen molar-refractivity contribution in [3.8, 4) is 11.5 Å². The van der Waals surface area contributed by atoms with Crippen LogP contribution in [-0.4, -0.2) is 10.2 Å². The minimum absolute atomic E-state index is 0.0721. The van der Waals surface area contributed by atoms with Gasteiger partial charge in [0.05, 0.1) is 0 Å². The van der Waals surface area contributed by atoms with Crippen LogP contribution in [0, 0.1) is 16.7 Å². The number of hydrogen-bond donors (Lipinski definition) is 2. The van der Waals surface area contributed by atoms with Gasteiger partial charge >= 0.3 is 0 Å². The highest BCUT2D eigenvalue weighted by molar-refractivity contribution is 5.78. The van der Waals surface area contributed by atoms with E-state index >= 15 is 0 Å². The van der Waals surface area contributed by atoms with Crippen LogP contribution in [0.1, 0.15) is 87.5 Å². The molecule has 2 aromatic rings. The summed E-state index contributed by atoms with van der Waals surface area (Å²) in [4.78, 5) is 12.3. The van der Waals surface area contributed by atoms with E-state index in [4.69, 9.17) is 0 Å². The van der Waals surface area contributed by atoms with Crippen LogP contribution in [0.5, 0.6) is 11.5 Å². The molecule has 4 heteroatoms. The molecule has 38 heavy (non-hydrogen) atoms. The van der Waals surface area contributed by atoms with E-state index < -0.39 is 0 Å². The molecule has 2 aromatic carbocycles. The average molecular weight is 510 g/mol. The topological polar surface area (TPSA) is 69.9 Å². The molecule has 0 heterocycles. The summed E-state index contributed by atoms with van der Waals surface area (Å²) in [5.74, 6) is 0.409. The lowest BCUT2D eigenvalue weighted by atomic mass is 9.69. The lowest BCUT2D eigenvalue weighted by molar-refractivity contribution is 0.416. The Morgan fingerprint density at radius 3 is 1.89 bits per heavy atom. The Balaban J connectivity index is 1.99. The molecular formula is C34H39NO3. The fourth-order valence-electron chi connectivity index (χ4n) is 6.18. The lowest BCUT2D eigenvalue weighted by Crippen LogP contribution is -2.20. The molecule has 0 radical (unpaired) electrons. The van der Waals surface area contributed by atoms with Crippen molar-refractivity contribution >= 4 is 17.8 Å². The molecule has 4 nitrogen and oxygen atoms in total. The molecule has 0 amide bonds. The number of nitrogens with zero attached hydrogens (tertiary/aromatic N) is 1. The van der Waals surface area contributed by atoms with Gasteiger partial charge in [0.15, 0.2) is 0 Å². The second-order valence-electron chi connectivity index (χ2n) is 11.2. The molecule has 0 saturated carbocycles. The van der Waals surface area contributed by atoms with E-state index in [-0.39, 0.29) is 40.9 Å². The third kappa shape index (κ3) is 5.60. The third-order valence-corrected chi connectivity index (χ3v) is 8.26. The maximum Gasteiger partial charge on any atom is 0.126 e. The van der Waals surface area contributed by atoms with Crippen LogP contribution in [0.15, 0.2) is 83.1 Å². The van der Waals surface area contributed by atoms with Crippen LogP contribution in [0.2, 0.25) is 0 Å². The van der Waals surface area contributed by atoms with Gasteiger partial charge in [0.25, 0.3) is 0 Å². The summed E-state index contributed by atoms with van der Waals surface area (Å²) in [6.45, 7) is 16.9. The van der Waals surface area contributed by atoms with Crippen LogP contribution in [-0.2, 0) is 0 Å². The summed E-state index contributed by atoms with van der Waals surface area (Å²) < 4.78 is 0. The first-order chi connectivity index (χ1) is 18.1. The number of phenols is 2. The average Bonchev–Trinajstić information content (AvgIpc) is 2.87. The van der Waals surface area contributed by atoms with Gasteiger partial charge < -0.3 is 10.2 Å². The minimum atomic E-state index is -0.167. The fourth-order valence-corrected chi connectivity index (χ4v) is 6.18. The van der Waals surface area contributed by atoms with E-state index in [0.29, 0.717) is 5.56 Å². The molecule has 4 atom stereocenters. The van der Waals surface area contributed by atoms with Crippen molar-refractivity contribution in [3.63, 3.8) is 0 Å². The summed E-state index contributed by atoms with van der Waals surface area (Å²) in [5, 5.41) is 25.2. The predicted octanol–water partition coefficient (Wildman–Crippen LogP) is 9.70. The zero-order chi connectivity index (χ0) is 27.6. The maximum atomic E-state index is 12.3. The number of hydrogen-bond acceptors (Lipinski definition) is 4. The molecule has 4 rings (SSSR count). The number of nitroso groups, excluding NO2 is 1. The molecule has 0 fully saturated rings. The molecule has 4 unspecified atom stereocenters. The van der Waals surface area contributed by atoms with Gasteiger partial charge in [0.1, 0.15) is 17.2 Å². The maximum absolute atomic E-state index is 12.3. The summed E-state index contributed by atoms with van der Waals surface area (Å²) in [6.07, 6.45) is 12.2. The summed E-state index contributed by atoms with van der Waals surface area (Å²) in [7, 11) is 0. The molecule has 0 aromatic heterocycles.